The number of amides is 1. The average molecular weight is 510 g/mol. The van der Waals surface area contributed by atoms with Crippen LogP contribution in [0.5, 0.6) is 0 Å². The van der Waals surface area contributed by atoms with Gasteiger partial charge < -0.3 is 15.0 Å². The Kier molecular flexibility index (Phi) is 7.98. The Morgan fingerprint density at radius 3 is 2.72 bits per heavy atom. The van der Waals surface area contributed by atoms with Crippen molar-refractivity contribution in [2.45, 2.75) is 96.9 Å². The molecule has 9 heteroatoms. The van der Waals surface area contributed by atoms with Gasteiger partial charge in [-0.15, -0.1) is 0 Å². The van der Waals surface area contributed by atoms with Crippen molar-refractivity contribution < 1.29 is 27.5 Å². The van der Waals surface area contributed by atoms with Crippen LogP contribution >= 0.6 is 0 Å². The summed E-state index contributed by atoms with van der Waals surface area (Å²) in [5.74, 6) is -0.0391. The highest BCUT2D eigenvalue weighted by Crippen LogP contribution is 2.47. The first-order chi connectivity index (χ1) is 17.0. The SMILES string of the molecule is CCOC(=O)[C@@H]1CCCC(N[C@@H]2CC[C@@](C(=O)N3CCc4ncc(C(F)(F)F)cc4C3)(C(C)C)C2)C1. The third-order valence-corrected chi connectivity index (χ3v) is 8.50. The van der Waals surface area contributed by atoms with Crippen LogP contribution in [0.1, 0.15) is 82.5 Å². The zero-order valence-electron chi connectivity index (χ0n) is 21.5. The van der Waals surface area contributed by atoms with Crippen LogP contribution in [0.2, 0.25) is 0 Å². The molecule has 36 heavy (non-hydrogen) atoms. The lowest BCUT2D eigenvalue weighted by Crippen LogP contribution is -2.49. The number of halogens is 3. The second kappa shape index (κ2) is 10.7. The number of esters is 1. The Labute approximate surface area is 211 Å². The second-order valence-corrected chi connectivity index (χ2v) is 11.0. The van der Waals surface area contributed by atoms with Crippen molar-refractivity contribution in [2.24, 2.45) is 17.3 Å². The molecule has 4 rings (SSSR count). The van der Waals surface area contributed by atoms with Gasteiger partial charge in [-0.05, 0) is 63.0 Å². The number of nitrogens with zero attached hydrogens (tertiary/aromatic N) is 2. The lowest BCUT2D eigenvalue weighted by Gasteiger charge is -2.40. The van der Waals surface area contributed by atoms with Crippen LogP contribution in [0.25, 0.3) is 0 Å². The molecule has 4 atom stereocenters. The molecule has 1 N–H and O–H groups in total. The highest BCUT2D eigenvalue weighted by Gasteiger charge is 2.50. The van der Waals surface area contributed by atoms with Crippen molar-refractivity contribution in [3.05, 3.63) is 29.1 Å². The Bertz CT molecular complexity index is 967. The van der Waals surface area contributed by atoms with Crippen LogP contribution in [-0.4, -0.2) is 47.0 Å². The summed E-state index contributed by atoms with van der Waals surface area (Å²) in [6.45, 7) is 6.99. The number of ether oxygens (including phenoxy) is 1. The van der Waals surface area contributed by atoms with Gasteiger partial charge in [0.2, 0.25) is 5.91 Å². The number of hydrogen-bond acceptors (Lipinski definition) is 5. The van der Waals surface area contributed by atoms with E-state index in [1.165, 1.54) is 0 Å². The Morgan fingerprint density at radius 1 is 1.25 bits per heavy atom. The number of pyridine rings is 1. The quantitative estimate of drug-likeness (QED) is 0.553. The fraction of sp³-hybridized carbons (Fsp3) is 0.741. The average Bonchev–Trinajstić information content (AvgIpc) is 3.27. The van der Waals surface area contributed by atoms with Crippen LogP contribution in [-0.2, 0) is 33.5 Å². The third-order valence-electron chi connectivity index (χ3n) is 8.50. The van der Waals surface area contributed by atoms with Gasteiger partial charge >= 0.3 is 12.1 Å². The Morgan fingerprint density at radius 2 is 2.03 bits per heavy atom. The minimum absolute atomic E-state index is 0.0397. The van der Waals surface area contributed by atoms with Crippen molar-refractivity contribution >= 4 is 11.9 Å². The lowest BCUT2D eigenvalue weighted by molar-refractivity contribution is -0.149. The molecule has 0 saturated heterocycles. The smallest absolute Gasteiger partial charge is 0.417 e. The van der Waals surface area contributed by atoms with E-state index in [-0.39, 0.29) is 42.3 Å². The molecule has 1 aliphatic heterocycles. The van der Waals surface area contributed by atoms with Crippen molar-refractivity contribution in [3.63, 3.8) is 0 Å². The molecule has 6 nitrogen and oxygen atoms in total. The number of hydrogen-bond donors (Lipinski definition) is 1. The van der Waals surface area contributed by atoms with Gasteiger partial charge in [0, 0.05) is 43.5 Å². The first-order valence-corrected chi connectivity index (χ1v) is 13.3. The molecule has 0 aromatic carbocycles. The number of rotatable bonds is 6. The molecular formula is C27H38F3N3O3. The maximum Gasteiger partial charge on any atom is 0.417 e. The standard InChI is InChI=1S/C27H38F3N3O3/c1-4-36-24(34)18-6-5-7-21(13-18)32-22-8-10-26(14-22,17(2)3)25(35)33-11-9-23-19(16-33)12-20(15-31-23)27(28,29)30/h12,15,17-18,21-22,32H,4-11,13-14,16H2,1-3H3/t18-,21?,22-,26+/m1/s1. The van der Waals surface area contributed by atoms with E-state index >= 15 is 0 Å². The minimum atomic E-state index is -4.46. The number of alkyl halides is 3. The molecule has 2 fully saturated rings. The minimum Gasteiger partial charge on any atom is -0.466 e. The maximum atomic E-state index is 13.9. The number of carbonyl (C=O) groups is 2. The molecule has 0 spiro atoms. The van der Waals surface area contributed by atoms with E-state index in [0.717, 1.165) is 50.8 Å². The third kappa shape index (κ3) is 5.55. The summed E-state index contributed by atoms with van der Waals surface area (Å²) in [4.78, 5) is 31.9. The van der Waals surface area contributed by atoms with Gasteiger partial charge in [0.15, 0.2) is 0 Å². The maximum absolute atomic E-state index is 13.9. The monoisotopic (exact) mass is 509 g/mol. The topological polar surface area (TPSA) is 71.5 Å². The van der Waals surface area contributed by atoms with E-state index in [1.807, 2.05) is 6.92 Å². The molecule has 1 aromatic rings. The van der Waals surface area contributed by atoms with Crippen LogP contribution in [0, 0.1) is 17.3 Å². The summed E-state index contributed by atoms with van der Waals surface area (Å²) in [5, 5.41) is 3.74. The van der Waals surface area contributed by atoms with Gasteiger partial charge in [0.05, 0.1) is 23.5 Å². The van der Waals surface area contributed by atoms with E-state index in [2.05, 4.69) is 24.1 Å². The van der Waals surface area contributed by atoms with Crippen molar-refractivity contribution in [1.29, 1.82) is 0 Å². The molecule has 1 unspecified atom stereocenters. The fourth-order valence-corrected chi connectivity index (χ4v) is 6.40. The highest BCUT2D eigenvalue weighted by atomic mass is 19.4. The normalized spacial score (nSPS) is 28.8. The van der Waals surface area contributed by atoms with E-state index in [1.54, 1.807) is 4.90 Å². The molecule has 3 aliphatic rings. The molecule has 0 bridgehead atoms. The summed E-state index contributed by atoms with van der Waals surface area (Å²) in [7, 11) is 0. The van der Waals surface area contributed by atoms with E-state index in [0.29, 0.717) is 37.3 Å². The summed E-state index contributed by atoms with van der Waals surface area (Å²) >= 11 is 0. The first-order valence-electron chi connectivity index (χ1n) is 13.3. The Hall–Kier alpha value is -2.16. The molecule has 2 saturated carbocycles. The van der Waals surface area contributed by atoms with Gasteiger partial charge in [-0.3, -0.25) is 14.6 Å². The molecule has 1 aromatic heterocycles. The summed E-state index contributed by atoms with van der Waals surface area (Å²) in [6, 6.07) is 1.55. The van der Waals surface area contributed by atoms with E-state index < -0.39 is 17.2 Å². The fourth-order valence-electron chi connectivity index (χ4n) is 6.40. The van der Waals surface area contributed by atoms with Crippen molar-refractivity contribution in [2.75, 3.05) is 13.2 Å². The summed E-state index contributed by atoms with van der Waals surface area (Å²) < 4.78 is 44.9. The zero-order chi connectivity index (χ0) is 26.1. The molecule has 200 valence electrons. The predicted octanol–water partition coefficient (Wildman–Crippen LogP) is 4.89. The van der Waals surface area contributed by atoms with Gasteiger partial charge in [0.25, 0.3) is 0 Å². The van der Waals surface area contributed by atoms with Gasteiger partial charge in [-0.2, -0.15) is 13.2 Å². The van der Waals surface area contributed by atoms with E-state index in [4.69, 9.17) is 4.74 Å². The van der Waals surface area contributed by atoms with Crippen LogP contribution in [0.3, 0.4) is 0 Å². The zero-order valence-corrected chi connectivity index (χ0v) is 21.5. The predicted molar refractivity (Wildman–Crippen MR) is 129 cm³/mol. The first kappa shape index (κ1) is 26.9. The number of fused-ring (bicyclic) bond motifs is 1. The summed E-state index contributed by atoms with van der Waals surface area (Å²) in [6.07, 6.45) is 2.82. The highest BCUT2D eigenvalue weighted by molar-refractivity contribution is 5.83. The largest absolute Gasteiger partial charge is 0.466 e. The van der Waals surface area contributed by atoms with Crippen LogP contribution in [0.4, 0.5) is 13.2 Å². The van der Waals surface area contributed by atoms with E-state index in [9.17, 15) is 22.8 Å². The molecule has 0 radical (unpaired) electrons. The molecule has 1 amide bonds. The number of aromatic nitrogens is 1. The molecule has 2 aliphatic carbocycles. The van der Waals surface area contributed by atoms with Crippen molar-refractivity contribution in [3.8, 4) is 0 Å². The van der Waals surface area contributed by atoms with Crippen LogP contribution < -0.4 is 5.32 Å². The number of carbonyl (C=O) groups excluding carboxylic acids is 2. The second-order valence-electron chi connectivity index (χ2n) is 11.0. The van der Waals surface area contributed by atoms with Crippen molar-refractivity contribution in [1.82, 2.24) is 15.2 Å². The van der Waals surface area contributed by atoms with Gasteiger partial charge in [-0.1, -0.05) is 20.3 Å². The molecular weight excluding hydrogens is 471 g/mol. The van der Waals surface area contributed by atoms with Crippen LogP contribution in [0.15, 0.2) is 12.3 Å². The molecule has 2 heterocycles. The lowest BCUT2D eigenvalue weighted by atomic mass is 9.73. The summed E-state index contributed by atoms with van der Waals surface area (Å²) in [5.41, 5.74) is -0.180. The Balaban J connectivity index is 1.43. The van der Waals surface area contributed by atoms with Gasteiger partial charge in [-0.25, -0.2) is 0 Å². The van der Waals surface area contributed by atoms with Gasteiger partial charge in [0.1, 0.15) is 0 Å². The number of nitrogens with one attached hydrogen (secondary N) is 1.